The summed E-state index contributed by atoms with van der Waals surface area (Å²) in [4.78, 5) is 11.9. The molecule has 0 spiro atoms. The Morgan fingerprint density at radius 2 is 1.45 bits per heavy atom. The lowest BCUT2D eigenvalue weighted by molar-refractivity contribution is 0.0994. The fourth-order valence-electron chi connectivity index (χ4n) is 2.84. The highest BCUT2D eigenvalue weighted by atomic mass is 16.5. The maximum Gasteiger partial charge on any atom is 0.163 e. The van der Waals surface area contributed by atoms with Crippen molar-refractivity contribution < 1.29 is 14.3 Å². The van der Waals surface area contributed by atoms with Gasteiger partial charge in [-0.1, -0.05) is 24.3 Å². The van der Waals surface area contributed by atoms with Gasteiger partial charge in [0.25, 0.3) is 0 Å². The van der Waals surface area contributed by atoms with Gasteiger partial charge >= 0.3 is 0 Å². The van der Waals surface area contributed by atoms with E-state index < -0.39 is 0 Å². The highest BCUT2D eigenvalue weighted by molar-refractivity contribution is 6.03. The van der Waals surface area contributed by atoms with Crippen LogP contribution in [0.15, 0.2) is 36.4 Å². The Kier molecular flexibility index (Phi) is 3.18. The number of hydrogen-bond donors (Lipinski definition) is 0. The van der Waals surface area contributed by atoms with Crippen molar-refractivity contribution in [2.24, 2.45) is 0 Å². The number of carbonyl (C=O) groups is 1. The molecule has 3 heteroatoms. The molecule has 1 aliphatic carbocycles. The number of fused-ring (bicyclic) bond motifs is 1. The molecule has 0 aromatic heterocycles. The molecule has 0 unspecified atom stereocenters. The first kappa shape index (κ1) is 12.7. The Morgan fingerprint density at radius 1 is 0.850 bits per heavy atom. The summed E-state index contributed by atoms with van der Waals surface area (Å²) in [5, 5.41) is 0. The van der Waals surface area contributed by atoms with Crippen LogP contribution in [-0.4, -0.2) is 20.0 Å². The van der Waals surface area contributed by atoms with Gasteiger partial charge in [-0.05, 0) is 29.7 Å². The summed E-state index contributed by atoms with van der Waals surface area (Å²) >= 11 is 0. The quantitative estimate of drug-likeness (QED) is 0.854. The topological polar surface area (TPSA) is 35.5 Å². The molecule has 2 aromatic carbocycles. The lowest BCUT2D eigenvalue weighted by Crippen LogP contribution is -1.97. The summed E-state index contributed by atoms with van der Waals surface area (Å²) in [5.74, 6) is 1.74. The van der Waals surface area contributed by atoms with Gasteiger partial charge in [0.1, 0.15) is 11.5 Å². The zero-order valence-corrected chi connectivity index (χ0v) is 11.6. The average Bonchev–Trinajstić information content (AvgIpc) is 2.88. The molecule has 3 nitrogen and oxygen atoms in total. The summed E-state index contributed by atoms with van der Waals surface area (Å²) < 4.78 is 10.9. The van der Waals surface area contributed by atoms with Gasteiger partial charge < -0.3 is 9.47 Å². The van der Waals surface area contributed by atoms with Gasteiger partial charge in [-0.25, -0.2) is 0 Å². The number of methoxy groups -OCH3 is 2. The molecule has 102 valence electrons. The average molecular weight is 268 g/mol. The first-order chi connectivity index (χ1) is 9.76. The Hall–Kier alpha value is -2.29. The Labute approximate surface area is 118 Å². The number of rotatable bonds is 3. The summed E-state index contributed by atoms with van der Waals surface area (Å²) in [6, 6.07) is 11.6. The van der Waals surface area contributed by atoms with E-state index in [1.54, 1.807) is 14.2 Å². The van der Waals surface area contributed by atoms with Gasteiger partial charge in [-0.2, -0.15) is 0 Å². The van der Waals surface area contributed by atoms with Crippen LogP contribution in [0, 0.1) is 0 Å². The van der Waals surface area contributed by atoms with Crippen molar-refractivity contribution in [1.29, 1.82) is 0 Å². The molecule has 0 saturated heterocycles. The normalized spacial score (nSPS) is 13.2. The van der Waals surface area contributed by atoms with E-state index in [2.05, 4.69) is 0 Å². The molecule has 2 aromatic rings. The smallest absolute Gasteiger partial charge is 0.163 e. The maximum absolute atomic E-state index is 11.9. The zero-order valence-electron chi connectivity index (χ0n) is 11.6. The molecule has 0 radical (unpaired) electrons. The van der Waals surface area contributed by atoms with Crippen molar-refractivity contribution >= 4 is 5.78 Å². The van der Waals surface area contributed by atoms with Crippen molar-refractivity contribution in [3.05, 3.63) is 47.5 Å². The fourth-order valence-corrected chi connectivity index (χ4v) is 2.84. The molecule has 20 heavy (non-hydrogen) atoms. The lowest BCUT2D eigenvalue weighted by atomic mass is 9.95. The number of ketones is 1. The van der Waals surface area contributed by atoms with Crippen LogP contribution in [0.1, 0.15) is 22.3 Å². The summed E-state index contributed by atoms with van der Waals surface area (Å²) in [7, 11) is 3.29. The molecule has 0 amide bonds. The molecule has 1 aliphatic rings. The van der Waals surface area contributed by atoms with E-state index in [-0.39, 0.29) is 5.78 Å². The van der Waals surface area contributed by atoms with Crippen molar-refractivity contribution in [2.75, 3.05) is 14.2 Å². The minimum absolute atomic E-state index is 0.218. The Bertz CT molecular complexity index is 652. The largest absolute Gasteiger partial charge is 0.496 e. The van der Waals surface area contributed by atoms with E-state index >= 15 is 0 Å². The van der Waals surface area contributed by atoms with Gasteiger partial charge in [-0.15, -0.1) is 0 Å². The second kappa shape index (κ2) is 5.00. The van der Waals surface area contributed by atoms with E-state index in [0.29, 0.717) is 6.42 Å². The predicted molar refractivity (Wildman–Crippen MR) is 77.6 cm³/mol. The molecule has 0 aliphatic heterocycles. The monoisotopic (exact) mass is 268 g/mol. The van der Waals surface area contributed by atoms with Crippen LogP contribution in [0.25, 0.3) is 11.1 Å². The lowest BCUT2D eigenvalue weighted by Gasteiger charge is -2.15. The van der Waals surface area contributed by atoms with E-state index in [1.165, 1.54) is 0 Å². The molecule has 0 heterocycles. The molecule has 3 rings (SSSR count). The third-order valence-electron chi connectivity index (χ3n) is 3.78. The molecule has 0 saturated carbocycles. The van der Waals surface area contributed by atoms with Crippen molar-refractivity contribution in [3.8, 4) is 22.6 Å². The Morgan fingerprint density at radius 3 is 2.10 bits per heavy atom. The first-order valence-corrected chi connectivity index (χ1v) is 6.62. The minimum atomic E-state index is 0.218. The maximum atomic E-state index is 11.9. The zero-order chi connectivity index (χ0) is 14.1. The van der Waals surface area contributed by atoms with Gasteiger partial charge in [-0.3, -0.25) is 4.79 Å². The van der Waals surface area contributed by atoms with Crippen molar-refractivity contribution in [1.82, 2.24) is 0 Å². The highest BCUT2D eigenvalue weighted by Crippen LogP contribution is 2.42. The number of carbonyl (C=O) groups excluding carboxylic acids is 1. The second-order valence-electron chi connectivity index (χ2n) is 4.79. The van der Waals surface area contributed by atoms with E-state index in [9.17, 15) is 4.79 Å². The third-order valence-corrected chi connectivity index (χ3v) is 3.78. The molecule has 0 fully saturated rings. The minimum Gasteiger partial charge on any atom is -0.496 e. The van der Waals surface area contributed by atoms with Crippen molar-refractivity contribution in [3.63, 3.8) is 0 Å². The number of ether oxygens (including phenoxy) is 2. The van der Waals surface area contributed by atoms with Crippen LogP contribution in [0.5, 0.6) is 11.5 Å². The molecular weight excluding hydrogens is 252 g/mol. The standard InChI is InChI=1S/C17H16O3/c1-19-15-7-4-8-16(20-2)17(15)13-6-3-5-12-11(13)9-10-14(12)18/h3-8H,9-10H2,1-2H3. The van der Waals surface area contributed by atoms with E-state index in [1.807, 2.05) is 36.4 Å². The summed E-state index contributed by atoms with van der Waals surface area (Å²) in [6.45, 7) is 0. The molecule has 0 N–H and O–H groups in total. The van der Waals surface area contributed by atoms with Gasteiger partial charge in [0.2, 0.25) is 0 Å². The van der Waals surface area contributed by atoms with Crippen LogP contribution in [-0.2, 0) is 6.42 Å². The predicted octanol–water partition coefficient (Wildman–Crippen LogP) is 3.50. The SMILES string of the molecule is COc1cccc(OC)c1-c1cccc2c1CCC2=O. The second-order valence-corrected chi connectivity index (χ2v) is 4.79. The number of Topliss-reactive ketones (excluding diaryl/α,β-unsaturated/α-hetero) is 1. The van der Waals surface area contributed by atoms with Crippen molar-refractivity contribution in [2.45, 2.75) is 12.8 Å². The van der Waals surface area contributed by atoms with E-state index in [4.69, 9.17) is 9.47 Å². The third kappa shape index (κ3) is 1.86. The fraction of sp³-hybridized carbons (Fsp3) is 0.235. The van der Waals surface area contributed by atoms with Gasteiger partial charge in [0.15, 0.2) is 5.78 Å². The highest BCUT2D eigenvalue weighted by Gasteiger charge is 2.25. The van der Waals surface area contributed by atoms with Crippen LogP contribution in [0.3, 0.4) is 0 Å². The molecule has 0 bridgehead atoms. The summed E-state index contributed by atoms with van der Waals surface area (Å²) in [6.07, 6.45) is 1.37. The first-order valence-electron chi connectivity index (χ1n) is 6.62. The molecule has 0 atom stereocenters. The van der Waals surface area contributed by atoms with E-state index in [0.717, 1.165) is 40.2 Å². The number of hydrogen-bond acceptors (Lipinski definition) is 3. The van der Waals surface area contributed by atoms with Crippen LogP contribution in [0.4, 0.5) is 0 Å². The van der Waals surface area contributed by atoms with Crippen LogP contribution in [0.2, 0.25) is 0 Å². The van der Waals surface area contributed by atoms with Gasteiger partial charge in [0.05, 0.1) is 19.8 Å². The van der Waals surface area contributed by atoms with Crippen LogP contribution >= 0.6 is 0 Å². The number of benzene rings is 2. The molecular formula is C17H16O3. The Balaban J connectivity index is 2.27. The van der Waals surface area contributed by atoms with Gasteiger partial charge in [0, 0.05) is 12.0 Å². The van der Waals surface area contributed by atoms with Crippen LogP contribution < -0.4 is 9.47 Å². The summed E-state index contributed by atoms with van der Waals surface area (Å²) in [5.41, 5.74) is 3.88.